The minimum Gasteiger partial charge on any atom is -0.497 e. The monoisotopic (exact) mass is 399 g/mol. The molecular formula is C21H22FN3O4. The van der Waals surface area contributed by atoms with Gasteiger partial charge in [-0.05, 0) is 48.7 Å². The van der Waals surface area contributed by atoms with Crippen LogP contribution < -0.4 is 15.4 Å². The quantitative estimate of drug-likeness (QED) is 0.701. The van der Waals surface area contributed by atoms with Gasteiger partial charge in [0, 0.05) is 12.1 Å². The molecule has 152 valence electrons. The van der Waals surface area contributed by atoms with Crippen molar-refractivity contribution in [1.82, 2.24) is 10.2 Å². The molecule has 3 rings (SSSR count). The van der Waals surface area contributed by atoms with E-state index in [1.54, 1.807) is 50.4 Å². The average Bonchev–Trinajstić information content (AvgIpc) is 2.97. The van der Waals surface area contributed by atoms with Crippen molar-refractivity contribution in [1.29, 1.82) is 0 Å². The molecule has 0 aliphatic carbocycles. The van der Waals surface area contributed by atoms with Crippen LogP contribution in [-0.4, -0.2) is 35.9 Å². The third-order valence-electron chi connectivity index (χ3n) is 4.72. The normalized spacial score (nSPS) is 16.0. The molecule has 1 atom stereocenters. The highest BCUT2D eigenvalue weighted by molar-refractivity contribution is 6.04. The van der Waals surface area contributed by atoms with Crippen molar-refractivity contribution in [2.45, 2.75) is 32.4 Å². The lowest BCUT2D eigenvalue weighted by Crippen LogP contribution is -2.31. The molecule has 0 aromatic heterocycles. The molecule has 0 radical (unpaired) electrons. The zero-order valence-corrected chi connectivity index (χ0v) is 16.2. The number of halogens is 1. The molecule has 1 aliphatic heterocycles. The van der Waals surface area contributed by atoms with Crippen LogP contribution in [0, 0.1) is 12.7 Å². The number of imide groups is 1. The van der Waals surface area contributed by atoms with Gasteiger partial charge in [0.25, 0.3) is 5.91 Å². The maximum Gasteiger partial charge on any atom is 0.325 e. The van der Waals surface area contributed by atoms with Crippen molar-refractivity contribution in [2.75, 3.05) is 12.4 Å². The van der Waals surface area contributed by atoms with Gasteiger partial charge in [0.05, 0.1) is 13.7 Å². The van der Waals surface area contributed by atoms with Crippen LogP contribution in [-0.2, 0) is 16.1 Å². The van der Waals surface area contributed by atoms with Gasteiger partial charge in [-0.1, -0.05) is 18.2 Å². The van der Waals surface area contributed by atoms with E-state index in [9.17, 15) is 18.8 Å². The number of nitrogens with zero attached hydrogens (tertiary/aromatic N) is 1. The molecule has 0 saturated carbocycles. The Labute approximate surface area is 167 Å². The lowest BCUT2D eigenvalue weighted by atomic mass is 10.1. The van der Waals surface area contributed by atoms with E-state index in [1.807, 2.05) is 0 Å². The van der Waals surface area contributed by atoms with Crippen molar-refractivity contribution in [3.05, 3.63) is 59.4 Å². The van der Waals surface area contributed by atoms with Gasteiger partial charge in [-0.2, -0.15) is 0 Å². The highest BCUT2D eigenvalue weighted by Gasteiger charge is 2.37. The summed E-state index contributed by atoms with van der Waals surface area (Å²) in [6, 6.07) is 10.2. The maximum atomic E-state index is 13.6. The van der Waals surface area contributed by atoms with E-state index < -0.39 is 17.9 Å². The first-order valence-electron chi connectivity index (χ1n) is 9.18. The molecule has 0 bridgehead atoms. The standard InChI is InChI=1S/C21H22FN3O4/c1-13-3-6-15(11-17(13)22)23-19(26)10-9-18-20(27)25(21(28)24-18)12-14-4-7-16(29-2)8-5-14/h3-8,11,18H,9-10,12H2,1-2H3,(H,23,26)(H,24,28). The number of anilines is 1. The van der Waals surface area contributed by atoms with Crippen LogP contribution in [0.15, 0.2) is 42.5 Å². The van der Waals surface area contributed by atoms with Gasteiger partial charge in [0.1, 0.15) is 17.6 Å². The predicted molar refractivity (Wildman–Crippen MR) is 105 cm³/mol. The highest BCUT2D eigenvalue weighted by atomic mass is 19.1. The number of carbonyl (C=O) groups is 3. The smallest absolute Gasteiger partial charge is 0.325 e. The fourth-order valence-corrected chi connectivity index (χ4v) is 3.01. The molecule has 0 spiro atoms. The molecular weight excluding hydrogens is 377 g/mol. The molecule has 1 heterocycles. The summed E-state index contributed by atoms with van der Waals surface area (Å²) in [5.41, 5.74) is 1.62. The summed E-state index contributed by atoms with van der Waals surface area (Å²) >= 11 is 0. The Morgan fingerprint density at radius 1 is 1.21 bits per heavy atom. The van der Waals surface area contributed by atoms with Gasteiger partial charge in [-0.3, -0.25) is 14.5 Å². The van der Waals surface area contributed by atoms with Crippen LogP contribution in [0.4, 0.5) is 14.9 Å². The molecule has 1 aliphatic rings. The number of methoxy groups -OCH3 is 1. The van der Waals surface area contributed by atoms with Gasteiger partial charge in [-0.15, -0.1) is 0 Å². The SMILES string of the molecule is COc1ccc(CN2C(=O)NC(CCC(=O)Nc3ccc(C)c(F)c3)C2=O)cc1. The van der Waals surface area contributed by atoms with Crippen molar-refractivity contribution in [2.24, 2.45) is 0 Å². The predicted octanol–water partition coefficient (Wildman–Crippen LogP) is 2.98. The minimum absolute atomic E-state index is 0.0164. The van der Waals surface area contributed by atoms with Crippen LogP contribution in [0.1, 0.15) is 24.0 Å². The van der Waals surface area contributed by atoms with E-state index in [4.69, 9.17) is 4.74 Å². The Balaban J connectivity index is 1.53. The van der Waals surface area contributed by atoms with E-state index in [2.05, 4.69) is 10.6 Å². The van der Waals surface area contributed by atoms with Crippen molar-refractivity contribution < 1.29 is 23.5 Å². The van der Waals surface area contributed by atoms with E-state index in [1.165, 1.54) is 6.07 Å². The number of ether oxygens (including phenoxy) is 1. The van der Waals surface area contributed by atoms with E-state index in [-0.39, 0.29) is 31.2 Å². The molecule has 4 amide bonds. The van der Waals surface area contributed by atoms with Crippen molar-refractivity contribution in [3.8, 4) is 5.75 Å². The number of amides is 4. The molecule has 2 aromatic carbocycles. The number of hydrogen-bond acceptors (Lipinski definition) is 4. The number of hydrogen-bond donors (Lipinski definition) is 2. The van der Waals surface area contributed by atoms with Gasteiger partial charge in [0.2, 0.25) is 5.91 Å². The van der Waals surface area contributed by atoms with E-state index >= 15 is 0 Å². The third-order valence-corrected chi connectivity index (χ3v) is 4.72. The van der Waals surface area contributed by atoms with Gasteiger partial charge in [-0.25, -0.2) is 9.18 Å². The number of aryl methyl sites for hydroxylation is 1. The first-order chi connectivity index (χ1) is 13.9. The Bertz CT molecular complexity index is 930. The fraction of sp³-hybridized carbons (Fsp3) is 0.286. The molecule has 1 fully saturated rings. The lowest BCUT2D eigenvalue weighted by molar-refractivity contribution is -0.128. The van der Waals surface area contributed by atoms with Crippen molar-refractivity contribution in [3.63, 3.8) is 0 Å². The summed E-state index contributed by atoms with van der Waals surface area (Å²) in [7, 11) is 1.56. The number of carbonyl (C=O) groups excluding carboxylic acids is 3. The third kappa shape index (κ3) is 4.90. The summed E-state index contributed by atoms with van der Waals surface area (Å²) in [6.07, 6.45) is 0.173. The van der Waals surface area contributed by atoms with Crippen LogP contribution in [0.2, 0.25) is 0 Å². The molecule has 1 unspecified atom stereocenters. The summed E-state index contributed by atoms with van der Waals surface area (Å²) in [5, 5.41) is 5.20. The van der Waals surface area contributed by atoms with Gasteiger partial charge >= 0.3 is 6.03 Å². The average molecular weight is 399 g/mol. The Morgan fingerprint density at radius 3 is 2.59 bits per heavy atom. The van der Waals surface area contributed by atoms with E-state index in [0.717, 1.165) is 10.5 Å². The zero-order valence-electron chi connectivity index (χ0n) is 16.2. The zero-order chi connectivity index (χ0) is 21.0. The molecule has 29 heavy (non-hydrogen) atoms. The largest absolute Gasteiger partial charge is 0.497 e. The lowest BCUT2D eigenvalue weighted by Gasteiger charge is -2.13. The minimum atomic E-state index is -0.763. The molecule has 2 N–H and O–H groups in total. The summed E-state index contributed by atoms with van der Waals surface area (Å²) in [5.74, 6) is -0.456. The topological polar surface area (TPSA) is 87.7 Å². The van der Waals surface area contributed by atoms with Gasteiger partial charge in [0.15, 0.2) is 0 Å². The Hall–Kier alpha value is -3.42. The maximum absolute atomic E-state index is 13.6. The number of urea groups is 1. The summed E-state index contributed by atoms with van der Waals surface area (Å²) in [4.78, 5) is 37.9. The number of rotatable bonds is 7. The highest BCUT2D eigenvalue weighted by Crippen LogP contribution is 2.18. The van der Waals surface area contributed by atoms with E-state index in [0.29, 0.717) is 17.0 Å². The van der Waals surface area contributed by atoms with Crippen LogP contribution in [0.25, 0.3) is 0 Å². The molecule has 1 saturated heterocycles. The summed E-state index contributed by atoms with van der Waals surface area (Å²) < 4.78 is 18.7. The fourth-order valence-electron chi connectivity index (χ4n) is 3.01. The van der Waals surface area contributed by atoms with Gasteiger partial charge < -0.3 is 15.4 Å². The Morgan fingerprint density at radius 2 is 1.93 bits per heavy atom. The number of benzene rings is 2. The first-order valence-corrected chi connectivity index (χ1v) is 9.18. The number of nitrogens with one attached hydrogen (secondary N) is 2. The second kappa shape index (κ2) is 8.72. The van der Waals surface area contributed by atoms with Crippen LogP contribution in [0.3, 0.4) is 0 Å². The summed E-state index contributed by atoms with van der Waals surface area (Å²) in [6.45, 7) is 1.77. The first kappa shape index (κ1) is 20.3. The Kier molecular flexibility index (Phi) is 6.11. The second-order valence-electron chi connectivity index (χ2n) is 6.83. The van der Waals surface area contributed by atoms with Crippen LogP contribution >= 0.6 is 0 Å². The van der Waals surface area contributed by atoms with Crippen molar-refractivity contribution >= 4 is 23.5 Å². The molecule has 7 nitrogen and oxygen atoms in total. The molecule has 8 heteroatoms. The van der Waals surface area contributed by atoms with Crippen LogP contribution in [0.5, 0.6) is 5.75 Å². The molecule has 2 aromatic rings. The second-order valence-corrected chi connectivity index (χ2v) is 6.83.